The van der Waals surface area contributed by atoms with Crippen LogP contribution in [-0.4, -0.2) is 5.78 Å². The standard InChI is InChI=1S/C16H11BrO2/c1-10-6-7-11-4-2-3-5-12(11)15(10)16(18)13-8-9-14(17)19-13/h2-9H,1H3. The van der Waals surface area contributed by atoms with Crippen LogP contribution in [0.4, 0.5) is 0 Å². The second-order valence-corrected chi connectivity index (χ2v) is 5.19. The second kappa shape index (κ2) is 4.67. The Morgan fingerprint density at radius 3 is 2.58 bits per heavy atom. The number of benzene rings is 2. The van der Waals surface area contributed by atoms with Crippen LogP contribution in [0.1, 0.15) is 21.7 Å². The number of hydrogen-bond acceptors (Lipinski definition) is 2. The fourth-order valence-corrected chi connectivity index (χ4v) is 2.55. The lowest BCUT2D eigenvalue weighted by Crippen LogP contribution is -2.03. The molecule has 1 heterocycles. The van der Waals surface area contributed by atoms with Crippen LogP contribution in [0.25, 0.3) is 10.8 Å². The summed E-state index contributed by atoms with van der Waals surface area (Å²) in [4.78, 5) is 12.6. The number of carbonyl (C=O) groups excluding carboxylic acids is 1. The van der Waals surface area contributed by atoms with E-state index in [9.17, 15) is 4.79 Å². The molecule has 0 spiro atoms. The predicted molar refractivity (Wildman–Crippen MR) is 78.5 cm³/mol. The molecule has 19 heavy (non-hydrogen) atoms. The van der Waals surface area contributed by atoms with Crippen LogP contribution in [0, 0.1) is 6.92 Å². The topological polar surface area (TPSA) is 30.2 Å². The van der Waals surface area contributed by atoms with Gasteiger partial charge in [-0.3, -0.25) is 4.79 Å². The van der Waals surface area contributed by atoms with Crippen molar-refractivity contribution in [1.29, 1.82) is 0 Å². The van der Waals surface area contributed by atoms with Crippen molar-refractivity contribution in [3.05, 3.63) is 70.1 Å². The molecule has 0 atom stereocenters. The molecule has 0 radical (unpaired) electrons. The average Bonchev–Trinajstić information content (AvgIpc) is 2.85. The highest BCUT2D eigenvalue weighted by Gasteiger charge is 2.18. The summed E-state index contributed by atoms with van der Waals surface area (Å²) in [7, 11) is 0. The average molecular weight is 315 g/mol. The first kappa shape index (κ1) is 12.2. The second-order valence-electron chi connectivity index (χ2n) is 4.41. The first-order valence-corrected chi connectivity index (χ1v) is 6.74. The summed E-state index contributed by atoms with van der Waals surface area (Å²) in [5, 5.41) is 2.02. The van der Waals surface area contributed by atoms with Crippen LogP contribution < -0.4 is 0 Å². The Balaban J connectivity index is 2.24. The van der Waals surface area contributed by atoms with E-state index in [1.807, 2.05) is 43.3 Å². The first-order valence-electron chi connectivity index (χ1n) is 5.95. The molecule has 0 aliphatic heterocycles. The Morgan fingerprint density at radius 2 is 1.84 bits per heavy atom. The van der Waals surface area contributed by atoms with Gasteiger partial charge in [-0.15, -0.1) is 0 Å². The van der Waals surface area contributed by atoms with Gasteiger partial charge in [-0.25, -0.2) is 0 Å². The number of rotatable bonds is 2. The molecule has 2 aromatic carbocycles. The summed E-state index contributed by atoms with van der Waals surface area (Å²) in [5.74, 6) is 0.270. The number of hydrogen-bond donors (Lipinski definition) is 0. The molecule has 2 nitrogen and oxygen atoms in total. The molecule has 0 saturated heterocycles. The van der Waals surface area contributed by atoms with Gasteiger partial charge < -0.3 is 4.42 Å². The molecule has 1 aromatic heterocycles. The normalized spacial score (nSPS) is 10.8. The van der Waals surface area contributed by atoms with Crippen LogP contribution in [0.3, 0.4) is 0 Å². The number of halogens is 1. The summed E-state index contributed by atoms with van der Waals surface area (Å²) in [5.41, 5.74) is 1.66. The van der Waals surface area contributed by atoms with E-state index in [0.29, 0.717) is 16.0 Å². The minimum absolute atomic E-state index is 0.0833. The molecular formula is C16H11BrO2. The Hall–Kier alpha value is -1.87. The van der Waals surface area contributed by atoms with E-state index in [2.05, 4.69) is 15.9 Å². The first-order chi connectivity index (χ1) is 9.16. The number of furan rings is 1. The number of aryl methyl sites for hydroxylation is 1. The Morgan fingerprint density at radius 1 is 1.05 bits per heavy atom. The van der Waals surface area contributed by atoms with Gasteiger partial charge in [-0.2, -0.15) is 0 Å². The quantitative estimate of drug-likeness (QED) is 0.640. The Labute approximate surface area is 119 Å². The van der Waals surface area contributed by atoms with Crippen molar-refractivity contribution in [3.8, 4) is 0 Å². The highest BCUT2D eigenvalue weighted by Crippen LogP contribution is 2.26. The maximum absolute atomic E-state index is 12.6. The molecule has 0 N–H and O–H groups in total. The molecule has 3 aromatic rings. The third kappa shape index (κ3) is 2.10. The van der Waals surface area contributed by atoms with E-state index < -0.39 is 0 Å². The lowest BCUT2D eigenvalue weighted by molar-refractivity contribution is 0.101. The van der Waals surface area contributed by atoms with Gasteiger partial charge in [0.15, 0.2) is 10.4 Å². The fourth-order valence-electron chi connectivity index (χ4n) is 2.24. The zero-order valence-electron chi connectivity index (χ0n) is 10.3. The summed E-state index contributed by atoms with van der Waals surface area (Å²) in [6.07, 6.45) is 0. The van der Waals surface area contributed by atoms with E-state index >= 15 is 0 Å². The molecule has 94 valence electrons. The van der Waals surface area contributed by atoms with E-state index in [0.717, 1.165) is 16.3 Å². The lowest BCUT2D eigenvalue weighted by Gasteiger charge is -2.07. The van der Waals surface area contributed by atoms with Gasteiger partial charge in [0.1, 0.15) is 0 Å². The molecule has 3 rings (SSSR count). The van der Waals surface area contributed by atoms with Gasteiger partial charge in [-0.05, 0) is 51.3 Å². The zero-order chi connectivity index (χ0) is 13.4. The molecule has 0 unspecified atom stereocenters. The van der Waals surface area contributed by atoms with Crippen LogP contribution in [0.15, 0.2) is 57.6 Å². The van der Waals surface area contributed by atoms with Crippen LogP contribution in [0.2, 0.25) is 0 Å². The largest absolute Gasteiger partial charge is 0.446 e. The fraction of sp³-hybridized carbons (Fsp3) is 0.0625. The molecule has 3 heteroatoms. The zero-order valence-corrected chi connectivity index (χ0v) is 11.9. The van der Waals surface area contributed by atoms with E-state index in [1.165, 1.54) is 0 Å². The SMILES string of the molecule is Cc1ccc2ccccc2c1C(=O)c1ccc(Br)o1. The number of ketones is 1. The molecule has 0 aliphatic rings. The molecular weight excluding hydrogens is 304 g/mol. The van der Waals surface area contributed by atoms with E-state index in [1.54, 1.807) is 12.1 Å². The Kier molecular flexibility index (Phi) is 2.99. The third-order valence-electron chi connectivity index (χ3n) is 3.16. The number of carbonyl (C=O) groups is 1. The van der Waals surface area contributed by atoms with E-state index in [4.69, 9.17) is 4.42 Å². The molecule has 0 bridgehead atoms. The predicted octanol–water partition coefficient (Wildman–Crippen LogP) is 4.73. The maximum atomic E-state index is 12.6. The maximum Gasteiger partial charge on any atom is 0.229 e. The number of fused-ring (bicyclic) bond motifs is 1. The van der Waals surface area contributed by atoms with Crippen LogP contribution in [-0.2, 0) is 0 Å². The third-order valence-corrected chi connectivity index (χ3v) is 3.59. The van der Waals surface area contributed by atoms with Crippen molar-refractivity contribution in [2.45, 2.75) is 6.92 Å². The minimum atomic E-state index is -0.0833. The highest BCUT2D eigenvalue weighted by molar-refractivity contribution is 9.10. The van der Waals surface area contributed by atoms with Crippen molar-refractivity contribution in [2.24, 2.45) is 0 Å². The van der Waals surface area contributed by atoms with Gasteiger partial charge in [0, 0.05) is 5.56 Å². The molecule has 0 amide bonds. The van der Waals surface area contributed by atoms with Crippen molar-refractivity contribution in [3.63, 3.8) is 0 Å². The van der Waals surface area contributed by atoms with Gasteiger partial charge >= 0.3 is 0 Å². The van der Waals surface area contributed by atoms with Crippen molar-refractivity contribution >= 4 is 32.5 Å². The van der Waals surface area contributed by atoms with Crippen molar-refractivity contribution in [1.82, 2.24) is 0 Å². The highest BCUT2D eigenvalue weighted by atomic mass is 79.9. The smallest absolute Gasteiger partial charge is 0.229 e. The summed E-state index contributed by atoms with van der Waals surface area (Å²) >= 11 is 3.22. The van der Waals surface area contributed by atoms with Crippen molar-refractivity contribution in [2.75, 3.05) is 0 Å². The van der Waals surface area contributed by atoms with Crippen molar-refractivity contribution < 1.29 is 9.21 Å². The molecule has 0 saturated carbocycles. The lowest BCUT2D eigenvalue weighted by atomic mass is 9.96. The summed E-state index contributed by atoms with van der Waals surface area (Å²) in [6.45, 7) is 1.94. The Bertz CT molecular complexity index is 771. The minimum Gasteiger partial charge on any atom is -0.446 e. The van der Waals surface area contributed by atoms with Gasteiger partial charge in [0.05, 0.1) is 0 Å². The molecule has 0 aliphatic carbocycles. The van der Waals surface area contributed by atoms with Gasteiger partial charge in [0.2, 0.25) is 5.78 Å². The van der Waals surface area contributed by atoms with Gasteiger partial charge in [-0.1, -0.05) is 36.4 Å². The van der Waals surface area contributed by atoms with E-state index in [-0.39, 0.29) is 5.78 Å². The van der Waals surface area contributed by atoms with Crippen LogP contribution in [0.5, 0.6) is 0 Å². The van der Waals surface area contributed by atoms with Crippen LogP contribution >= 0.6 is 15.9 Å². The molecule has 0 fully saturated rings. The monoisotopic (exact) mass is 314 g/mol. The van der Waals surface area contributed by atoms with Gasteiger partial charge in [0.25, 0.3) is 0 Å². The summed E-state index contributed by atoms with van der Waals surface area (Å²) < 4.78 is 5.93. The summed E-state index contributed by atoms with van der Waals surface area (Å²) in [6, 6.07) is 15.3.